The van der Waals surface area contributed by atoms with Crippen LogP contribution in [0.2, 0.25) is 5.02 Å². The van der Waals surface area contributed by atoms with Gasteiger partial charge >= 0.3 is 0 Å². The van der Waals surface area contributed by atoms with Crippen LogP contribution in [0.4, 0.5) is 0 Å². The Morgan fingerprint density at radius 2 is 1.74 bits per heavy atom. The van der Waals surface area contributed by atoms with Gasteiger partial charge in [0, 0.05) is 23.5 Å². The van der Waals surface area contributed by atoms with Crippen LogP contribution in [-0.2, 0) is 4.79 Å². The van der Waals surface area contributed by atoms with Crippen LogP contribution in [0.3, 0.4) is 0 Å². The number of ether oxygens (including phenoxy) is 1. The highest BCUT2D eigenvalue weighted by atomic mass is 35.5. The fraction of sp³-hybridized carbons (Fsp3) is 0.258. The molecular weight excluding hydrogens is 530 g/mol. The fourth-order valence-corrected chi connectivity index (χ4v) is 6.24. The van der Waals surface area contributed by atoms with Crippen molar-refractivity contribution in [1.29, 1.82) is 0 Å². The van der Waals surface area contributed by atoms with Crippen molar-refractivity contribution in [3.63, 3.8) is 0 Å². The minimum absolute atomic E-state index is 0.118. The molecule has 1 atom stereocenters. The molecular formula is C31H30ClN3O3S. The summed E-state index contributed by atoms with van der Waals surface area (Å²) in [4.78, 5) is 34.9. The Hall–Kier alpha value is -3.68. The number of halogens is 1. The average Bonchev–Trinajstić information content (AvgIpc) is 3.24. The van der Waals surface area contributed by atoms with Crippen molar-refractivity contribution in [3.8, 4) is 5.75 Å². The molecule has 39 heavy (non-hydrogen) atoms. The second kappa shape index (κ2) is 11.2. The number of amides is 1. The molecule has 1 aromatic heterocycles. The van der Waals surface area contributed by atoms with Gasteiger partial charge in [-0.3, -0.25) is 14.2 Å². The molecule has 0 saturated carbocycles. The van der Waals surface area contributed by atoms with Crippen molar-refractivity contribution < 1.29 is 9.53 Å². The quantitative estimate of drug-likeness (QED) is 0.308. The molecule has 0 unspecified atom stereocenters. The van der Waals surface area contributed by atoms with E-state index < -0.39 is 6.04 Å². The Bertz CT molecular complexity index is 1770. The SMILES string of the molecule is CCOc1ccc(/C=c2/sc3n(c2=O)[C@H](c2ccc(Cl)cc2)C(C(=O)N(CC)CC)=C(C)N=3)c2ccccc12. The minimum atomic E-state index is -0.606. The molecule has 0 fully saturated rings. The lowest BCUT2D eigenvalue weighted by Crippen LogP contribution is -2.43. The smallest absolute Gasteiger partial charge is 0.271 e. The Kier molecular flexibility index (Phi) is 7.73. The number of carbonyl (C=O) groups is 1. The lowest BCUT2D eigenvalue weighted by molar-refractivity contribution is -0.127. The molecule has 0 N–H and O–H groups in total. The van der Waals surface area contributed by atoms with Crippen LogP contribution in [0.15, 0.2) is 81.7 Å². The van der Waals surface area contributed by atoms with Crippen LogP contribution in [-0.4, -0.2) is 35.1 Å². The first kappa shape index (κ1) is 26.9. The Morgan fingerprint density at radius 3 is 2.41 bits per heavy atom. The Labute approximate surface area is 236 Å². The number of aromatic nitrogens is 1. The Balaban J connectivity index is 1.73. The molecule has 0 saturated heterocycles. The number of benzene rings is 3. The maximum Gasteiger partial charge on any atom is 0.271 e. The summed E-state index contributed by atoms with van der Waals surface area (Å²) in [7, 11) is 0. The summed E-state index contributed by atoms with van der Waals surface area (Å²) < 4.78 is 8.03. The van der Waals surface area contributed by atoms with Crippen LogP contribution in [0.5, 0.6) is 5.75 Å². The number of allylic oxidation sites excluding steroid dienone is 1. The monoisotopic (exact) mass is 559 g/mol. The topological polar surface area (TPSA) is 63.9 Å². The molecule has 5 rings (SSSR count). The van der Waals surface area contributed by atoms with E-state index in [2.05, 4.69) is 0 Å². The van der Waals surface area contributed by atoms with Gasteiger partial charge in [0.05, 0.1) is 28.5 Å². The van der Waals surface area contributed by atoms with E-state index in [1.807, 2.05) is 82.3 Å². The number of rotatable bonds is 7. The third kappa shape index (κ3) is 4.92. The molecule has 200 valence electrons. The van der Waals surface area contributed by atoms with Crippen LogP contribution in [0, 0.1) is 0 Å². The molecule has 6 nitrogen and oxygen atoms in total. The summed E-state index contributed by atoms with van der Waals surface area (Å²) in [6.45, 7) is 9.40. The first-order chi connectivity index (χ1) is 18.9. The van der Waals surface area contributed by atoms with Crippen LogP contribution >= 0.6 is 22.9 Å². The number of likely N-dealkylation sites (N-methyl/N-ethyl adjacent to an activating group) is 1. The zero-order valence-corrected chi connectivity index (χ0v) is 24.0. The van der Waals surface area contributed by atoms with Gasteiger partial charge in [0.15, 0.2) is 4.80 Å². The average molecular weight is 560 g/mol. The van der Waals surface area contributed by atoms with Gasteiger partial charge in [0.2, 0.25) is 0 Å². The van der Waals surface area contributed by atoms with Gasteiger partial charge in [-0.05, 0) is 68.5 Å². The molecule has 0 aliphatic carbocycles. The third-order valence-corrected chi connectivity index (χ3v) is 8.23. The molecule has 1 aliphatic rings. The number of thiazole rings is 1. The first-order valence-electron chi connectivity index (χ1n) is 13.1. The second-order valence-corrected chi connectivity index (χ2v) is 10.7. The summed E-state index contributed by atoms with van der Waals surface area (Å²) in [6, 6.07) is 18.6. The predicted octanol–water partition coefficient (Wildman–Crippen LogP) is 5.31. The van der Waals surface area contributed by atoms with Gasteiger partial charge in [-0.1, -0.05) is 65.4 Å². The number of nitrogens with zero attached hydrogens (tertiary/aromatic N) is 3. The maximum absolute atomic E-state index is 14.0. The first-order valence-corrected chi connectivity index (χ1v) is 14.3. The highest BCUT2D eigenvalue weighted by Crippen LogP contribution is 2.32. The highest BCUT2D eigenvalue weighted by molar-refractivity contribution is 7.07. The largest absolute Gasteiger partial charge is 0.493 e. The molecule has 8 heteroatoms. The lowest BCUT2D eigenvalue weighted by Gasteiger charge is -2.29. The van der Waals surface area contributed by atoms with E-state index in [0.717, 1.165) is 27.6 Å². The van der Waals surface area contributed by atoms with Crippen molar-refractivity contribution in [2.75, 3.05) is 19.7 Å². The van der Waals surface area contributed by atoms with Crippen molar-refractivity contribution in [3.05, 3.63) is 108 Å². The third-order valence-electron chi connectivity index (χ3n) is 6.99. The molecule has 3 aromatic carbocycles. The number of hydrogen-bond donors (Lipinski definition) is 0. The van der Waals surface area contributed by atoms with Crippen molar-refractivity contribution in [2.24, 2.45) is 4.99 Å². The number of carbonyl (C=O) groups excluding carboxylic acids is 1. The summed E-state index contributed by atoms with van der Waals surface area (Å²) in [5.74, 6) is 0.692. The molecule has 1 amide bonds. The van der Waals surface area contributed by atoms with Gasteiger partial charge in [0.1, 0.15) is 5.75 Å². The van der Waals surface area contributed by atoms with E-state index in [0.29, 0.717) is 45.3 Å². The number of fused-ring (bicyclic) bond motifs is 2. The van der Waals surface area contributed by atoms with Crippen molar-refractivity contribution >= 4 is 45.7 Å². The van der Waals surface area contributed by atoms with E-state index in [-0.39, 0.29) is 11.5 Å². The molecule has 2 heterocycles. The lowest BCUT2D eigenvalue weighted by atomic mass is 9.94. The van der Waals surface area contributed by atoms with Gasteiger partial charge in [-0.2, -0.15) is 0 Å². The standard InChI is InChI=1S/C31H30ClN3O3S/c1-5-34(6-2)30(37)27-19(4)33-31-35(28(27)20-12-15-22(32)16-13-20)29(36)26(39-31)18-21-14-17-25(38-7-3)24-11-9-8-10-23(21)24/h8-18,28H,5-7H2,1-4H3/b26-18+/t28-/m1/s1. The zero-order valence-electron chi connectivity index (χ0n) is 22.4. The molecule has 0 bridgehead atoms. The summed E-state index contributed by atoms with van der Waals surface area (Å²) >= 11 is 7.52. The van der Waals surface area contributed by atoms with Crippen molar-refractivity contribution in [2.45, 2.75) is 33.7 Å². The van der Waals surface area contributed by atoms with Gasteiger partial charge in [0.25, 0.3) is 11.5 Å². The molecule has 0 spiro atoms. The number of hydrogen-bond acceptors (Lipinski definition) is 5. The van der Waals surface area contributed by atoms with Crippen LogP contribution in [0.1, 0.15) is 44.9 Å². The van der Waals surface area contributed by atoms with Crippen LogP contribution in [0.25, 0.3) is 16.8 Å². The van der Waals surface area contributed by atoms with Gasteiger partial charge in [-0.25, -0.2) is 4.99 Å². The fourth-order valence-electron chi connectivity index (χ4n) is 5.08. The minimum Gasteiger partial charge on any atom is -0.493 e. The van der Waals surface area contributed by atoms with Gasteiger partial charge in [-0.15, -0.1) is 0 Å². The summed E-state index contributed by atoms with van der Waals surface area (Å²) in [5.41, 5.74) is 2.66. The summed E-state index contributed by atoms with van der Waals surface area (Å²) in [5, 5.41) is 2.57. The molecule has 0 radical (unpaired) electrons. The normalized spacial score (nSPS) is 15.3. The van der Waals surface area contributed by atoms with E-state index in [9.17, 15) is 9.59 Å². The molecule has 1 aliphatic heterocycles. The van der Waals surface area contributed by atoms with E-state index in [4.69, 9.17) is 21.3 Å². The van der Waals surface area contributed by atoms with E-state index in [1.165, 1.54) is 11.3 Å². The highest BCUT2D eigenvalue weighted by Gasteiger charge is 2.34. The predicted molar refractivity (Wildman–Crippen MR) is 158 cm³/mol. The van der Waals surface area contributed by atoms with Crippen LogP contribution < -0.4 is 19.6 Å². The second-order valence-electron chi connectivity index (χ2n) is 9.24. The zero-order chi connectivity index (χ0) is 27.7. The van der Waals surface area contributed by atoms with Gasteiger partial charge < -0.3 is 9.64 Å². The maximum atomic E-state index is 14.0. The van der Waals surface area contributed by atoms with E-state index >= 15 is 0 Å². The van der Waals surface area contributed by atoms with Crippen molar-refractivity contribution in [1.82, 2.24) is 9.47 Å². The summed E-state index contributed by atoms with van der Waals surface area (Å²) in [6.07, 6.45) is 1.91. The molecule has 4 aromatic rings. The Morgan fingerprint density at radius 1 is 1.05 bits per heavy atom. The van der Waals surface area contributed by atoms with E-state index in [1.54, 1.807) is 21.6 Å².